The van der Waals surface area contributed by atoms with E-state index in [4.69, 9.17) is 5.26 Å². The standard InChI is InChI=1S/C20H20AsN5/c1-12-8-13(2)18(14(3)9-12)25-19-17(21)11-23-20(26-19)24-16-6-4-15(10-22)5-7-16/h4-9,11H,21H2,1-3H3,(H2,23,24,25,26). The van der Waals surface area contributed by atoms with E-state index in [2.05, 4.69) is 59.6 Å². The summed E-state index contributed by atoms with van der Waals surface area (Å²) >= 11 is 1.47. The average molecular weight is 405 g/mol. The van der Waals surface area contributed by atoms with Crippen molar-refractivity contribution in [1.82, 2.24) is 9.97 Å². The van der Waals surface area contributed by atoms with Crippen LogP contribution in [0.1, 0.15) is 22.3 Å². The summed E-state index contributed by atoms with van der Waals surface area (Å²) < 4.78 is 1.03. The third-order valence-electron chi connectivity index (χ3n) is 4.01. The van der Waals surface area contributed by atoms with Crippen molar-refractivity contribution in [3.63, 3.8) is 0 Å². The van der Waals surface area contributed by atoms with Gasteiger partial charge in [-0.25, -0.2) is 0 Å². The van der Waals surface area contributed by atoms with Crippen LogP contribution in [0.15, 0.2) is 42.6 Å². The molecule has 0 amide bonds. The molecule has 3 rings (SSSR count). The van der Waals surface area contributed by atoms with E-state index >= 15 is 0 Å². The first-order valence-corrected chi connectivity index (χ1v) is 9.42. The summed E-state index contributed by atoms with van der Waals surface area (Å²) in [6, 6.07) is 13.6. The van der Waals surface area contributed by atoms with E-state index < -0.39 is 0 Å². The maximum atomic E-state index is 8.89. The summed E-state index contributed by atoms with van der Waals surface area (Å²) in [5, 5.41) is 15.5. The van der Waals surface area contributed by atoms with Crippen LogP contribution in [0.3, 0.4) is 0 Å². The van der Waals surface area contributed by atoms with E-state index in [1.165, 1.54) is 33.5 Å². The zero-order chi connectivity index (χ0) is 18.7. The second-order valence-electron chi connectivity index (χ2n) is 6.21. The van der Waals surface area contributed by atoms with Gasteiger partial charge in [-0.1, -0.05) is 0 Å². The molecule has 6 heteroatoms. The molecule has 3 aromatic rings. The molecule has 0 aliphatic heterocycles. The number of benzene rings is 2. The van der Waals surface area contributed by atoms with Gasteiger partial charge in [0.25, 0.3) is 0 Å². The monoisotopic (exact) mass is 405 g/mol. The molecule has 5 nitrogen and oxygen atoms in total. The fourth-order valence-corrected chi connectivity index (χ4v) is 3.25. The molecule has 0 aliphatic rings. The topological polar surface area (TPSA) is 73.6 Å². The van der Waals surface area contributed by atoms with Gasteiger partial charge < -0.3 is 0 Å². The van der Waals surface area contributed by atoms with E-state index in [-0.39, 0.29) is 0 Å². The van der Waals surface area contributed by atoms with Crippen LogP contribution < -0.4 is 15.0 Å². The van der Waals surface area contributed by atoms with E-state index in [1.807, 2.05) is 18.3 Å². The van der Waals surface area contributed by atoms with Crippen LogP contribution in [0.25, 0.3) is 0 Å². The van der Waals surface area contributed by atoms with E-state index in [0.717, 1.165) is 21.5 Å². The summed E-state index contributed by atoms with van der Waals surface area (Å²) in [6.45, 7) is 6.29. The molecule has 130 valence electrons. The molecule has 26 heavy (non-hydrogen) atoms. The molecule has 1 unspecified atom stereocenters. The number of aromatic nitrogens is 2. The molecule has 2 N–H and O–H groups in total. The maximum absolute atomic E-state index is 8.89. The molecule has 0 fully saturated rings. The van der Waals surface area contributed by atoms with Crippen LogP contribution in [-0.2, 0) is 0 Å². The molecule has 2 aromatic carbocycles. The van der Waals surface area contributed by atoms with Gasteiger partial charge in [-0.05, 0) is 0 Å². The van der Waals surface area contributed by atoms with Crippen LogP contribution in [0.2, 0.25) is 0 Å². The molecule has 0 radical (unpaired) electrons. The molecular formula is C20H20AsN5. The van der Waals surface area contributed by atoms with Crippen LogP contribution >= 0.6 is 0 Å². The number of rotatable bonds is 4. The first kappa shape index (κ1) is 18.0. The van der Waals surface area contributed by atoms with Crippen LogP contribution in [-0.4, -0.2) is 26.8 Å². The van der Waals surface area contributed by atoms with Crippen molar-refractivity contribution in [3.8, 4) is 6.07 Å². The molecule has 0 saturated carbocycles. The van der Waals surface area contributed by atoms with Gasteiger partial charge in [0, 0.05) is 0 Å². The Bertz CT molecular complexity index is 967. The van der Waals surface area contributed by atoms with Gasteiger partial charge in [0.2, 0.25) is 0 Å². The first-order valence-electron chi connectivity index (χ1n) is 8.21. The van der Waals surface area contributed by atoms with Crippen LogP contribution in [0.5, 0.6) is 0 Å². The number of nitrogens with one attached hydrogen (secondary N) is 2. The van der Waals surface area contributed by atoms with Crippen molar-refractivity contribution in [3.05, 3.63) is 64.8 Å². The predicted octanol–water partition coefficient (Wildman–Crippen LogP) is 3.02. The van der Waals surface area contributed by atoms with Gasteiger partial charge in [-0.2, -0.15) is 0 Å². The normalized spacial score (nSPS) is 10.3. The Balaban J connectivity index is 1.87. The number of anilines is 4. The Morgan fingerprint density at radius 2 is 1.65 bits per heavy atom. The van der Waals surface area contributed by atoms with Crippen LogP contribution in [0.4, 0.5) is 23.1 Å². The Labute approximate surface area is 162 Å². The van der Waals surface area contributed by atoms with Crippen molar-refractivity contribution in [1.29, 1.82) is 5.26 Å². The van der Waals surface area contributed by atoms with E-state index in [0.29, 0.717) is 11.5 Å². The first-order chi connectivity index (χ1) is 12.5. The van der Waals surface area contributed by atoms with Gasteiger partial charge >= 0.3 is 162 Å². The fourth-order valence-electron chi connectivity index (χ4n) is 2.80. The summed E-state index contributed by atoms with van der Waals surface area (Å²) in [5.41, 5.74) is 6.17. The van der Waals surface area contributed by atoms with Gasteiger partial charge in [0.05, 0.1) is 0 Å². The number of aryl methyl sites for hydroxylation is 3. The van der Waals surface area contributed by atoms with Gasteiger partial charge in [0.15, 0.2) is 0 Å². The Hall–Kier alpha value is -2.83. The summed E-state index contributed by atoms with van der Waals surface area (Å²) in [5.74, 6) is 1.31. The van der Waals surface area contributed by atoms with Crippen molar-refractivity contribution in [2.75, 3.05) is 10.6 Å². The average Bonchev–Trinajstić information content (AvgIpc) is 2.61. The van der Waals surface area contributed by atoms with E-state index in [9.17, 15) is 0 Å². The third-order valence-corrected chi connectivity index (χ3v) is 4.89. The predicted molar refractivity (Wildman–Crippen MR) is 109 cm³/mol. The van der Waals surface area contributed by atoms with Gasteiger partial charge in [0.1, 0.15) is 0 Å². The number of nitriles is 1. The van der Waals surface area contributed by atoms with E-state index in [1.54, 1.807) is 12.1 Å². The van der Waals surface area contributed by atoms with Crippen molar-refractivity contribution in [2.24, 2.45) is 0 Å². The van der Waals surface area contributed by atoms with Crippen LogP contribution in [0, 0.1) is 32.1 Å². The molecule has 1 aromatic heterocycles. The van der Waals surface area contributed by atoms with Crippen molar-refractivity contribution in [2.45, 2.75) is 20.8 Å². The van der Waals surface area contributed by atoms with Crippen molar-refractivity contribution < 1.29 is 0 Å². The molecule has 0 spiro atoms. The molecule has 0 saturated heterocycles. The molecule has 1 atom stereocenters. The van der Waals surface area contributed by atoms with Gasteiger partial charge in [-0.15, -0.1) is 0 Å². The second kappa shape index (κ2) is 7.59. The van der Waals surface area contributed by atoms with Crippen molar-refractivity contribution >= 4 is 44.3 Å². The molecule has 0 bridgehead atoms. The zero-order valence-corrected chi connectivity index (χ0v) is 17.4. The zero-order valence-electron chi connectivity index (χ0n) is 15.0. The fraction of sp³-hybridized carbons (Fsp3) is 0.150. The van der Waals surface area contributed by atoms with Gasteiger partial charge in [-0.3, -0.25) is 0 Å². The number of nitrogens with zero attached hydrogens (tertiary/aromatic N) is 3. The molecule has 1 heterocycles. The molecular weight excluding hydrogens is 385 g/mol. The Kier molecular flexibility index (Phi) is 5.25. The quantitative estimate of drug-likeness (QED) is 0.653. The SMILES string of the molecule is Cc1cc(C)c(Nc2nc(Nc3ccc(C#N)cc3)ncc2[AsH2])c(C)c1. The third kappa shape index (κ3) is 4.04. The minimum atomic E-state index is 0.515. The number of hydrogen-bond acceptors (Lipinski definition) is 5. The summed E-state index contributed by atoms with van der Waals surface area (Å²) in [6.07, 6.45) is 1.82. The second-order valence-corrected chi connectivity index (χ2v) is 7.52. The summed E-state index contributed by atoms with van der Waals surface area (Å²) in [4.78, 5) is 8.99. The summed E-state index contributed by atoms with van der Waals surface area (Å²) in [7, 11) is 0. The number of hydrogen-bond donors (Lipinski definition) is 2. The molecule has 0 aliphatic carbocycles. The Morgan fingerprint density at radius 3 is 2.27 bits per heavy atom. The Morgan fingerprint density at radius 1 is 1.00 bits per heavy atom. The minimum absolute atomic E-state index is 0.515.